The molecule has 90 valence electrons. The largest absolute Gasteiger partial charge is 0.494 e. The monoisotopic (exact) mass is 224 g/mol. The molecule has 0 aliphatic rings. The maximum absolute atomic E-state index is 5.89. The first-order chi connectivity index (χ1) is 7.67. The molecule has 0 aliphatic heterocycles. The van der Waals surface area contributed by atoms with Crippen LogP contribution in [0.3, 0.4) is 0 Å². The molecule has 16 heavy (non-hydrogen) atoms. The van der Waals surface area contributed by atoms with Crippen molar-refractivity contribution in [1.29, 1.82) is 0 Å². The number of nitrogen functional groups attached to an aromatic ring is 1. The van der Waals surface area contributed by atoms with E-state index in [0.29, 0.717) is 17.2 Å². The molecule has 0 bridgehead atoms. The summed E-state index contributed by atoms with van der Waals surface area (Å²) in [6.07, 6.45) is 0. The van der Waals surface area contributed by atoms with Crippen molar-refractivity contribution in [3.8, 4) is 11.5 Å². The quantitative estimate of drug-likeness (QED) is 0.778. The Labute approximate surface area is 96.9 Å². The Morgan fingerprint density at radius 1 is 1.06 bits per heavy atom. The van der Waals surface area contributed by atoms with Crippen molar-refractivity contribution in [1.82, 2.24) is 0 Å². The van der Waals surface area contributed by atoms with E-state index in [-0.39, 0.29) is 0 Å². The fraction of sp³-hybridized carbons (Fsp3) is 0.500. The molecule has 0 aromatic heterocycles. The van der Waals surface area contributed by atoms with E-state index in [2.05, 4.69) is 18.7 Å². The molecule has 0 heterocycles. The summed E-state index contributed by atoms with van der Waals surface area (Å²) >= 11 is 0. The Kier molecular flexibility index (Phi) is 4.28. The SMILES string of the molecule is CCN(CC)c1cc(OC)c(N)c(OC)c1. The van der Waals surface area contributed by atoms with Gasteiger partial charge in [0.05, 0.1) is 14.2 Å². The van der Waals surface area contributed by atoms with Crippen molar-refractivity contribution in [3.63, 3.8) is 0 Å². The van der Waals surface area contributed by atoms with Crippen LogP contribution < -0.4 is 20.1 Å². The average molecular weight is 224 g/mol. The predicted molar refractivity (Wildman–Crippen MR) is 67.5 cm³/mol. The van der Waals surface area contributed by atoms with Gasteiger partial charge < -0.3 is 20.1 Å². The molecule has 1 rings (SSSR count). The van der Waals surface area contributed by atoms with Crippen LogP contribution in [-0.4, -0.2) is 27.3 Å². The molecule has 4 heteroatoms. The Morgan fingerprint density at radius 3 is 1.81 bits per heavy atom. The smallest absolute Gasteiger partial charge is 0.147 e. The minimum Gasteiger partial charge on any atom is -0.494 e. The molecule has 0 saturated heterocycles. The van der Waals surface area contributed by atoms with Gasteiger partial charge >= 0.3 is 0 Å². The zero-order valence-electron chi connectivity index (χ0n) is 10.4. The maximum atomic E-state index is 5.89. The van der Waals surface area contributed by atoms with Gasteiger partial charge in [-0.15, -0.1) is 0 Å². The first kappa shape index (κ1) is 12.5. The van der Waals surface area contributed by atoms with E-state index in [4.69, 9.17) is 15.2 Å². The third-order valence-corrected chi connectivity index (χ3v) is 2.66. The van der Waals surface area contributed by atoms with Gasteiger partial charge in [-0.2, -0.15) is 0 Å². The number of anilines is 2. The zero-order valence-corrected chi connectivity index (χ0v) is 10.4. The van der Waals surface area contributed by atoms with Crippen molar-refractivity contribution >= 4 is 11.4 Å². The average Bonchev–Trinajstić information content (AvgIpc) is 2.32. The second kappa shape index (κ2) is 5.49. The molecule has 0 atom stereocenters. The molecule has 0 fully saturated rings. The summed E-state index contributed by atoms with van der Waals surface area (Å²) in [5.41, 5.74) is 7.49. The van der Waals surface area contributed by atoms with E-state index in [1.165, 1.54) is 0 Å². The number of ether oxygens (including phenoxy) is 2. The number of benzene rings is 1. The number of nitrogens with zero attached hydrogens (tertiary/aromatic N) is 1. The van der Waals surface area contributed by atoms with E-state index in [0.717, 1.165) is 18.8 Å². The minimum atomic E-state index is 0.543. The third kappa shape index (κ3) is 2.32. The summed E-state index contributed by atoms with van der Waals surface area (Å²) in [7, 11) is 3.22. The van der Waals surface area contributed by atoms with Crippen molar-refractivity contribution < 1.29 is 9.47 Å². The normalized spacial score (nSPS) is 10.0. The van der Waals surface area contributed by atoms with E-state index >= 15 is 0 Å². The van der Waals surface area contributed by atoms with Gasteiger partial charge in [0.2, 0.25) is 0 Å². The molecule has 2 N–H and O–H groups in total. The molecule has 0 aliphatic carbocycles. The fourth-order valence-electron chi connectivity index (χ4n) is 1.70. The van der Waals surface area contributed by atoms with Gasteiger partial charge in [-0.05, 0) is 13.8 Å². The Morgan fingerprint density at radius 2 is 1.50 bits per heavy atom. The summed E-state index contributed by atoms with van der Waals surface area (Å²) in [5, 5.41) is 0. The molecule has 0 spiro atoms. The van der Waals surface area contributed by atoms with Crippen molar-refractivity contribution in [2.45, 2.75) is 13.8 Å². The summed E-state index contributed by atoms with van der Waals surface area (Å²) in [6.45, 7) is 6.09. The van der Waals surface area contributed by atoms with Crippen LogP contribution in [-0.2, 0) is 0 Å². The van der Waals surface area contributed by atoms with Gasteiger partial charge in [-0.25, -0.2) is 0 Å². The van der Waals surface area contributed by atoms with Crippen LogP contribution in [0.1, 0.15) is 13.8 Å². The van der Waals surface area contributed by atoms with Gasteiger partial charge in [0.1, 0.15) is 17.2 Å². The molecule has 0 radical (unpaired) electrons. The lowest BCUT2D eigenvalue weighted by Gasteiger charge is -2.23. The van der Waals surface area contributed by atoms with E-state index in [1.807, 2.05) is 12.1 Å². The molecule has 0 saturated carbocycles. The number of rotatable bonds is 5. The van der Waals surface area contributed by atoms with E-state index in [1.54, 1.807) is 14.2 Å². The molecule has 0 unspecified atom stereocenters. The summed E-state index contributed by atoms with van der Waals surface area (Å²) in [6, 6.07) is 3.87. The molecule has 4 nitrogen and oxygen atoms in total. The standard InChI is InChI=1S/C12H20N2O2/c1-5-14(6-2)9-7-10(15-3)12(13)11(8-9)16-4/h7-8H,5-6,13H2,1-4H3. The molecule has 1 aromatic carbocycles. The van der Waals surface area contributed by atoms with E-state index in [9.17, 15) is 0 Å². The first-order valence-electron chi connectivity index (χ1n) is 5.44. The lowest BCUT2D eigenvalue weighted by Crippen LogP contribution is -2.21. The predicted octanol–water partition coefficient (Wildman–Crippen LogP) is 2.13. The van der Waals surface area contributed by atoms with Crippen LogP contribution in [0.25, 0.3) is 0 Å². The van der Waals surface area contributed by atoms with Crippen LogP contribution in [0.15, 0.2) is 12.1 Å². The lowest BCUT2D eigenvalue weighted by molar-refractivity contribution is 0.398. The Bertz CT molecular complexity index is 324. The highest BCUT2D eigenvalue weighted by molar-refractivity contribution is 5.70. The summed E-state index contributed by atoms with van der Waals surface area (Å²) in [4.78, 5) is 2.21. The minimum absolute atomic E-state index is 0.543. The van der Waals surface area contributed by atoms with Crippen molar-refractivity contribution in [2.75, 3.05) is 37.9 Å². The second-order valence-corrected chi connectivity index (χ2v) is 3.44. The molecule has 0 amide bonds. The van der Waals surface area contributed by atoms with Gasteiger partial charge in [0.15, 0.2) is 0 Å². The van der Waals surface area contributed by atoms with Crippen LogP contribution in [0.2, 0.25) is 0 Å². The number of hydrogen-bond donors (Lipinski definition) is 1. The molecule has 1 aromatic rings. The zero-order chi connectivity index (χ0) is 12.1. The van der Waals surface area contributed by atoms with Gasteiger partial charge in [-0.1, -0.05) is 0 Å². The fourth-order valence-corrected chi connectivity index (χ4v) is 1.70. The van der Waals surface area contributed by atoms with Crippen LogP contribution in [0.4, 0.5) is 11.4 Å². The van der Waals surface area contributed by atoms with Gasteiger partial charge in [-0.3, -0.25) is 0 Å². The molecular weight excluding hydrogens is 204 g/mol. The van der Waals surface area contributed by atoms with Crippen molar-refractivity contribution in [3.05, 3.63) is 12.1 Å². The highest BCUT2D eigenvalue weighted by Crippen LogP contribution is 2.36. The second-order valence-electron chi connectivity index (χ2n) is 3.44. The van der Waals surface area contributed by atoms with Crippen LogP contribution >= 0.6 is 0 Å². The van der Waals surface area contributed by atoms with Crippen molar-refractivity contribution in [2.24, 2.45) is 0 Å². The van der Waals surface area contributed by atoms with Gasteiger partial charge in [0, 0.05) is 30.9 Å². The number of nitrogens with two attached hydrogens (primary N) is 1. The third-order valence-electron chi connectivity index (χ3n) is 2.66. The molecular formula is C12H20N2O2. The lowest BCUT2D eigenvalue weighted by atomic mass is 10.2. The Balaban J connectivity index is 3.20. The first-order valence-corrected chi connectivity index (χ1v) is 5.44. The van der Waals surface area contributed by atoms with E-state index < -0.39 is 0 Å². The maximum Gasteiger partial charge on any atom is 0.147 e. The summed E-state index contributed by atoms with van der Waals surface area (Å²) in [5.74, 6) is 1.31. The highest BCUT2D eigenvalue weighted by Gasteiger charge is 2.11. The summed E-state index contributed by atoms with van der Waals surface area (Å²) < 4.78 is 10.5. The Hall–Kier alpha value is -1.58. The van der Waals surface area contributed by atoms with Gasteiger partial charge in [0.25, 0.3) is 0 Å². The highest BCUT2D eigenvalue weighted by atomic mass is 16.5. The number of methoxy groups -OCH3 is 2. The van der Waals surface area contributed by atoms with Crippen LogP contribution in [0, 0.1) is 0 Å². The topological polar surface area (TPSA) is 47.7 Å². The number of hydrogen-bond acceptors (Lipinski definition) is 4. The van der Waals surface area contributed by atoms with Crippen LogP contribution in [0.5, 0.6) is 11.5 Å².